The van der Waals surface area contributed by atoms with Crippen LogP contribution in [-0.2, 0) is 0 Å². The maximum absolute atomic E-state index is 13.1. The molecule has 1 aliphatic rings. The average molecular weight is 383 g/mol. The van der Waals surface area contributed by atoms with E-state index in [9.17, 15) is 4.79 Å². The highest BCUT2D eigenvalue weighted by molar-refractivity contribution is 6.13. The Morgan fingerprint density at radius 2 is 1.76 bits per heavy atom. The van der Waals surface area contributed by atoms with Gasteiger partial charge in [0.05, 0.1) is 11.2 Å². The molecular weight excluding hydrogens is 358 g/mol. The highest BCUT2D eigenvalue weighted by atomic mass is 16.1. The Morgan fingerprint density at radius 1 is 1.00 bits per heavy atom. The van der Waals surface area contributed by atoms with Crippen LogP contribution in [0.3, 0.4) is 0 Å². The van der Waals surface area contributed by atoms with Crippen molar-refractivity contribution in [2.75, 3.05) is 0 Å². The van der Waals surface area contributed by atoms with E-state index in [4.69, 9.17) is 4.98 Å². The summed E-state index contributed by atoms with van der Waals surface area (Å²) in [6.45, 7) is 2.07. The van der Waals surface area contributed by atoms with Crippen molar-refractivity contribution in [2.24, 2.45) is 0 Å². The van der Waals surface area contributed by atoms with Crippen molar-refractivity contribution in [1.82, 2.24) is 15.3 Å². The maximum atomic E-state index is 13.1. The standard InChI is InChI=1S/C25H25N3O/c1-16-11-13-17(14-12-16)23-24-20(19-9-5-6-10-21(19)27-24)15-22(28-23)25(29)26-18-7-3-2-4-8-18/h5-6,9-15,18,27H,2-4,7-8H2,1H3,(H,26,29). The molecule has 1 fully saturated rings. The highest BCUT2D eigenvalue weighted by Crippen LogP contribution is 2.33. The second kappa shape index (κ2) is 7.36. The molecule has 0 spiro atoms. The van der Waals surface area contributed by atoms with E-state index in [1.165, 1.54) is 24.8 Å². The summed E-state index contributed by atoms with van der Waals surface area (Å²) in [5, 5.41) is 5.37. The van der Waals surface area contributed by atoms with E-state index in [0.29, 0.717) is 5.69 Å². The monoisotopic (exact) mass is 383 g/mol. The van der Waals surface area contributed by atoms with Crippen LogP contribution in [0.4, 0.5) is 0 Å². The third kappa shape index (κ3) is 3.39. The fourth-order valence-corrected chi connectivity index (χ4v) is 4.39. The molecule has 1 amide bonds. The zero-order valence-corrected chi connectivity index (χ0v) is 16.7. The predicted molar refractivity (Wildman–Crippen MR) is 118 cm³/mol. The fraction of sp³-hybridized carbons (Fsp3) is 0.280. The molecule has 29 heavy (non-hydrogen) atoms. The van der Waals surface area contributed by atoms with Gasteiger partial charge in [0.15, 0.2) is 0 Å². The second-order valence-corrected chi connectivity index (χ2v) is 8.12. The molecule has 1 saturated carbocycles. The number of carbonyl (C=O) groups excluding carboxylic acids is 1. The lowest BCUT2D eigenvalue weighted by Gasteiger charge is -2.22. The summed E-state index contributed by atoms with van der Waals surface area (Å²) in [4.78, 5) is 21.4. The lowest BCUT2D eigenvalue weighted by Crippen LogP contribution is -2.36. The third-order valence-electron chi connectivity index (χ3n) is 5.99. The van der Waals surface area contributed by atoms with Gasteiger partial charge in [0.1, 0.15) is 5.69 Å². The van der Waals surface area contributed by atoms with E-state index < -0.39 is 0 Å². The molecule has 0 atom stereocenters. The smallest absolute Gasteiger partial charge is 0.270 e. The van der Waals surface area contributed by atoms with Gasteiger partial charge in [-0.25, -0.2) is 4.98 Å². The first-order chi connectivity index (χ1) is 14.2. The van der Waals surface area contributed by atoms with Crippen LogP contribution in [0.15, 0.2) is 54.6 Å². The van der Waals surface area contributed by atoms with Gasteiger partial charge in [-0.05, 0) is 31.9 Å². The Kier molecular flexibility index (Phi) is 4.55. The van der Waals surface area contributed by atoms with Crippen LogP contribution < -0.4 is 5.32 Å². The Morgan fingerprint density at radius 3 is 2.55 bits per heavy atom. The Balaban J connectivity index is 1.65. The molecule has 0 bridgehead atoms. The van der Waals surface area contributed by atoms with Crippen LogP contribution in [0, 0.1) is 6.92 Å². The van der Waals surface area contributed by atoms with Gasteiger partial charge < -0.3 is 10.3 Å². The number of amides is 1. The fourth-order valence-electron chi connectivity index (χ4n) is 4.39. The molecule has 0 radical (unpaired) electrons. The number of H-pyrrole nitrogens is 1. The Hall–Kier alpha value is -3.14. The van der Waals surface area contributed by atoms with E-state index in [1.54, 1.807) is 0 Å². The number of para-hydroxylation sites is 1. The summed E-state index contributed by atoms with van der Waals surface area (Å²) in [5.41, 5.74) is 5.56. The van der Waals surface area contributed by atoms with Crippen molar-refractivity contribution in [3.8, 4) is 11.3 Å². The van der Waals surface area contributed by atoms with E-state index >= 15 is 0 Å². The second-order valence-electron chi connectivity index (χ2n) is 8.12. The van der Waals surface area contributed by atoms with Crippen molar-refractivity contribution in [2.45, 2.75) is 45.1 Å². The summed E-state index contributed by atoms with van der Waals surface area (Å²) in [6.07, 6.45) is 5.77. The van der Waals surface area contributed by atoms with Gasteiger partial charge in [0.25, 0.3) is 5.91 Å². The topological polar surface area (TPSA) is 57.8 Å². The minimum absolute atomic E-state index is 0.0718. The van der Waals surface area contributed by atoms with Crippen molar-refractivity contribution in [3.63, 3.8) is 0 Å². The van der Waals surface area contributed by atoms with E-state index in [1.807, 2.05) is 18.2 Å². The highest BCUT2D eigenvalue weighted by Gasteiger charge is 2.20. The SMILES string of the molecule is Cc1ccc(-c2nc(C(=O)NC3CCCCC3)cc3c2[nH]c2ccccc23)cc1. The summed E-state index contributed by atoms with van der Waals surface area (Å²) in [6, 6.07) is 18.7. The van der Waals surface area contributed by atoms with Crippen LogP contribution in [0.25, 0.3) is 33.1 Å². The number of pyridine rings is 1. The summed E-state index contributed by atoms with van der Waals surface area (Å²) in [7, 11) is 0. The van der Waals surface area contributed by atoms with E-state index in [2.05, 4.69) is 53.6 Å². The quantitative estimate of drug-likeness (QED) is 0.473. The lowest BCUT2D eigenvalue weighted by atomic mass is 9.95. The molecule has 2 heterocycles. The molecule has 0 unspecified atom stereocenters. The van der Waals surface area contributed by atoms with Gasteiger partial charge in [-0.2, -0.15) is 0 Å². The van der Waals surface area contributed by atoms with Crippen molar-refractivity contribution < 1.29 is 4.79 Å². The van der Waals surface area contributed by atoms with Crippen molar-refractivity contribution in [3.05, 3.63) is 65.9 Å². The first-order valence-corrected chi connectivity index (χ1v) is 10.5. The van der Waals surface area contributed by atoms with Gasteiger partial charge in [0, 0.05) is 27.9 Å². The first-order valence-electron chi connectivity index (χ1n) is 10.5. The van der Waals surface area contributed by atoms with Crippen LogP contribution in [0.1, 0.15) is 48.2 Å². The number of aromatic amines is 1. The number of benzene rings is 2. The molecule has 1 aliphatic carbocycles. The zero-order chi connectivity index (χ0) is 19.8. The summed E-state index contributed by atoms with van der Waals surface area (Å²) >= 11 is 0. The average Bonchev–Trinajstić information content (AvgIpc) is 3.13. The largest absolute Gasteiger partial charge is 0.353 e. The Labute approximate surface area is 170 Å². The number of hydrogen-bond acceptors (Lipinski definition) is 2. The number of nitrogens with one attached hydrogen (secondary N) is 2. The van der Waals surface area contributed by atoms with Crippen molar-refractivity contribution in [1.29, 1.82) is 0 Å². The molecular formula is C25H25N3O. The molecule has 2 aromatic heterocycles. The molecule has 2 N–H and O–H groups in total. The van der Waals surface area contributed by atoms with Gasteiger partial charge >= 0.3 is 0 Å². The molecule has 2 aromatic carbocycles. The summed E-state index contributed by atoms with van der Waals surface area (Å²) in [5.74, 6) is -0.0718. The molecule has 5 rings (SSSR count). The van der Waals surface area contributed by atoms with Crippen molar-refractivity contribution >= 4 is 27.7 Å². The molecule has 4 aromatic rings. The van der Waals surface area contributed by atoms with Crippen LogP contribution in [-0.4, -0.2) is 21.9 Å². The van der Waals surface area contributed by atoms with E-state index in [-0.39, 0.29) is 11.9 Å². The van der Waals surface area contributed by atoms with E-state index in [0.717, 1.165) is 45.9 Å². The summed E-state index contributed by atoms with van der Waals surface area (Å²) < 4.78 is 0. The molecule has 146 valence electrons. The third-order valence-corrected chi connectivity index (χ3v) is 5.99. The molecule has 4 nitrogen and oxygen atoms in total. The van der Waals surface area contributed by atoms with Gasteiger partial charge in [0.2, 0.25) is 0 Å². The Bertz CT molecular complexity index is 1180. The van der Waals surface area contributed by atoms with Gasteiger partial charge in [-0.15, -0.1) is 0 Å². The molecule has 0 aliphatic heterocycles. The number of hydrogen-bond donors (Lipinski definition) is 2. The minimum Gasteiger partial charge on any atom is -0.353 e. The predicted octanol–water partition coefficient (Wildman–Crippen LogP) is 5.75. The normalized spacial score (nSPS) is 15.1. The van der Waals surface area contributed by atoms with Crippen LogP contribution >= 0.6 is 0 Å². The van der Waals surface area contributed by atoms with Crippen LogP contribution in [0.5, 0.6) is 0 Å². The van der Waals surface area contributed by atoms with Gasteiger partial charge in [-0.1, -0.05) is 67.3 Å². The maximum Gasteiger partial charge on any atom is 0.270 e. The zero-order valence-electron chi connectivity index (χ0n) is 16.7. The van der Waals surface area contributed by atoms with Gasteiger partial charge in [-0.3, -0.25) is 4.79 Å². The number of aromatic nitrogens is 2. The number of nitrogens with zero attached hydrogens (tertiary/aromatic N) is 1. The lowest BCUT2D eigenvalue weighted by molar-refractivity contribution is 0.0923. The molecule has 4 heteroatoms. The first kappa shape index (κ1) is 17.9. The minimum atomic E-state index is -0.0718. The number of aryl methyl sites for hydroxylation is 1. The number of fused-ring (bicyclic) bond motifs is 3. The van der Waals surface area contributed by atoms with Crippen LogP contribution in [0.2, 0.25) is 0 Å². The molecule has 0 saturated heterocycles. The number of carbonyl (C=O) groups is 1. The number of rotatable bonds is 3.